The molecule has 29 heavy (non-hydrogen) atoms. The molecule has 2 amide bonds. The molecule has 7 nitrogen and oxygen atoms in total. The lowest BCUT2D eigenvalue weighted by atomic mass is 9.91. The quantitative estimate of drug-likeness (QED) is 0.623. The van der Waals surface area contributed by atoms with Crippen LogP contribution < -0.4 is 25.8 Å². The van der Waals surface area contributed by atoms with Crippen LogP contribution in [0.15, 0.2) is 18.2 Å². The molecule has 0 saturated heterocycles. The Morgan fingerprint density at radius 2 is 1.79 bits per heavy atom. The van der Waals surface area contributed by atoms with Gasteiger partial charge in [-0.15, -0.1) is 12.4 Å². The lowest BCUT2D eigenvalue weighted by Crippen LogP contribution is -2.56. The van der Waals surface area contributed by atoms with Crippen molar-refractivity contribution in [2.75, 3.05) is 26.1 Å². The first kappa shape index (κ1) is 23.3. The Bertz CT molecular complexity index is 722. The summed E-state index contributed by atoms with van der Waals surface area (Å²) in [5.41, 5.74) is 5.59. The molecular formula is C21H32ClN3O4. The maximum Gasteiger partial charge on any atom is 0.250 e. The van der Waals surface area contributed by atoms with Crippen molar-refractivity contribution in [3.05, 3.63) is 18.2 Å². The SMILES string of the molecule is COc1ccc(NC(=O)C2(NC(=O)[C@@H]3CCC[C@@H]3CN)CCCC2)cc1OC.Cl. The lowest BCUT2D eigenvalue weighted by Gasteiger charge is -2.31. The van der Waals surface area contributed by atoms with Crippen LogP contribution in [-0.2, 0) is 9.59 Å². The van der Waals surface area contributed by atoms with Gasteiger partial charge in [-0.25, -0.2) is 0 Å². The monoisotopic (exact) mass is 425 g/mol. The minimum atomic E-state index is -0.855. The Labute approximate surface area is 178 Å². The number of carbonyl (C=O) groups is 2. The second-order valence-corrected chi connectivity index (χ2v) is 7.84. The topological polar surface area (TPSA) is 103 Å². The number of rotatable bonds is 7. The number of methoxy groups -OCH3 is 2. The average molecular weight is 426 g/mol. The van der Waals surface area contributed by atoms with Gasteiger partial charge in [0.25, 0.3) is 0 Å². The zero-order valence-electron chi connectivity index (χ0n) is 17.2. The van der Waals surface area contributed by atoms with Crippen molar-refractivity contribution in [1.82, 2.24) is 5.32 Å². The largest absolute Gasteiger partial charge is 0.493 e. The summed E-state index contributed by atoms with van der Waals surface area (Å²) in [6.07, 6.45) is 6.00. The van der Waals surface area contributed by atoms with Crippen molar-refractivity contribution in [2.24, 2.45) is 17.6 Å². The van der Waals surface area contributed by atoms with Crippen LogP contribution in [-0.4, -0.2) is 38.1 Å². The molecule has 0 spiro atoms. The zero-order chi connectivity index (χ0) is 20.1. The van der Waals surface area contributed by atoms with Gasteiger partial charge >= 0.3 is 0 Å². The number of anilines is 1. The number of nitrogens with one attached hydrogen (secondary N) is 2. The van der Waals surface area contributed by atoms with E-state index in [-0.39, 0.29) is 36.1 Å². The summed E-state index contributed by atoms with van der Waals surface area (Å²) in [7, 11) is 3.12. The molecule has 4 N–H and O–H groups in total. The van der Waals surface area contributed by atoms with Crippen molar-refractivity contribution in [3.8, 4) is 11.5 Å². The van der Waals surface area contributed by atoms with E-state index in [4.69, 9.17) is 15.2 Å². The molecule has 8 heteroatoms. The van der Waals surface area contributed by atoms with Crippen LogP contribution in [0.3, 0.4) is 0 Å². The first-order chi connectivity index (χ1) is 13.5. The molecule has 0 bridgehead atoms. The highest BCUT2D eigenvalue weighted by Crippen LogP contribution is 2.36. The normalized spacial score (nSPS) is 22.4. The van der Waals surface area contributed by atoms with Gasteiger partial charge < -0.3 is 25.8 Å². The third kappa shape index (κ3) is 4.95. The second-order valence-electron chi connectivity index (χ2n) is 7.84. The molecular weight excluding hydrogens is 394 g/mol. The summed E-state index contributed by atoms with van der Waals surface area (Å²) in [6.45, 7) is 0.517. The lowest BCUT2D eigenvalue weighted by molar-refractivity contribution is -0.133. The molecule has 2 fully saturated rings. The second kappa shape index (κ2) is 10.2. The van der Waals surface area contributed by atoms with Gasteiger partial charge in [0.1, 0.15) is 5.54 Å². The van der Waals surface area contributed by atoms with Gasteiger partial charge in [-0.3, -0.25) is 9.59 Å². The summed E-state index contributed by atoms with van der Waals surface area (Å²) in [5.74, 6) is 1.06. The molecule has 0 heterocycles. The summed E-state index contributed by atoms with van der Waals surface area (Å²) in [6, 6.07) is 5.24. The van der Waals surface area contributed by atoms with Crippen LogP contribution in [0.1, 0.15) is 44.9 Å². The third-order valence-corrected chi connectivity index (χ3v) is 6.19. The van der Waals surface area contributed by atoms with Crippen LogP contribution >= 0.6 is 12.4 Å². The Morgan fingerprint density at radius 1 is 1.10 bits per heavy atom. The Hall–Kier alpha value is -1.99. The predicted molar refractivity (Wildman–Crippen MR) is 115 cm³/mol. The molecule has 2 atom stereocenters. The number of hydrogen-bond donors (Lipinski definition) is 3. The number of amides is 2. The number of nitrogens with two attached hydrogens (primary N) is 1. The molecule has 0 unspecified atom stereocenters. The van der Waals surface area contributed by atoms with E-state index in [0.29, 0.717) is 36.6 Å². The van der Waals surface area contributed by atoms with Gasteiger partial charge in [0, 0.05) is 17.7 Å². The van der Waals surface area contributed by atoms with E-state index in [0.717, 1.165) is 32.1 Å². The summed E-state index contributed by atoms with van der Waals surface area (Å²) in [4.78, 5) is 26.1. The molecule has 1 aromatic rings. The molecule has 2 saturated carbocycles. The van der Waals surface area contributed by atoms with Crippen molar-refractivity contribution in [2.45, 2.75) is 50.5 Å². The maximum atomic E-state index is 13.2. The van der Waals surface area contributed by atoms with Gasteiger partial charge in [0.2, 0.25) is 11.8 Å². The van der Waals surface area contributed by atoms with E-state index in [1.807, 2.05) is 0 Å². The molecule has 0 aliphatic heterocycles. The Morgan fingerprint density at radius 3 is 2.41 bits per heavy atom. The highest BCUT2D eigenvalue weighted by Gasteiger charge is 2.44. The molecule has 0 radical (unpaired) electrons. The molecule has 3 rings (SSSR count). The van der Waals surface area contributed by atoms with Gasteiger partial charge in [0.15, 0.2) is 11.5 Å². The number of benzene rings is 1. The number of halogens is 1. The van der Waals surface area contributed by atoms with Crippen LogP contribution in [0.2, 0.25) is 0 Å². The summed E-state index contributed by atoms with van der Waals surface area (Å²) < 4.78 is 10.5. The highest BCUT2D eigenvalue weighted by atomic mass is 35.5. The fourth-order valence-corrected chi connectivity index (χ4v) is 4.54. The standard InChI is InChI=1S/C21H31N3O4.ClH/c1-27-17-9-8-15(12-18(17)28-2)23-20(26)21(10-3-4-11-21)24-19(25)16-7-5-6-14(16)13-22;/h8-9,12,14,16H,3-7,10-11,13,22H2,1-2H3,(H,23,26)(H,24,25);1H/t14-,16-;/m1./s1. The smallest absolute Gasteiger partial charge is 0.250 e. The summed E-state index contributed by atoms with van der Waals surface area (Å²) in [5, 5.41) is 6.07. The molecule has 162 valence electrons. The minimum absolute atomic E-state index is 0. The number of carbonyl (C=O) groups excluding carboxylic acids is 2. The van der Waals surface area contributed by atoms with Crippen molar-refractivity contribution in [1.29, 1.82) is 0 Å². The van der Waals surface area contributed by atoms with E-state index in [9.17, 15) is 9.59 Å². The minimum Gasteiger partial charge on any atom is -0.493 e. The Balaban J connectivity index is 0.00000300. The van der Waals surface area contributed by atoms with Crippen LogP contribution in [0.25, 0.3) is 0 Å². The van der Waals surface area contributed by atoms with Gasteiger partial charge in [-0.05, 0) is 50.3 Å². The predicted octanol–water partition coefficient (Wildman–Crippen LogP) is 2.87. The zero-order valence-corrected chi connectivity index (χ0v) is 18.0. The fraction of sp³-hybridized carbons (Fsp3) is 0.619. The first-order valence-corrected chi connectivity index (χ1v) is 10.1. The highest BCUT2D eigenvalue weighted by molar-refractivity contribution is 6.01. The van der Waals surface area contributed by atoms with Gasteiger partial charge in [0.05, 0.1) is 14.2 Å². The fourth-order valence-electron chi connectivity index (χ4n) is 4.54. The number of hydrogen-bond acceptors (Lipinski definition) is 5. The first-order valence-electron chi connectivity index (χ1n) is 10.1. The van der Waals surface area contributed by atoms with E-state index >= 15 is 0 Å². The van der Waals surface area contributed by atoms with E-state index in [1.165, 1.54) is 0 Å². The number of ether oxygens (including phenoxy) is 2. The van der Waals surface area contributed by atoms with E-state index < -0.39 is 5.54 Å². The van der Waals surface area contributed by atoms with Gasteiger partial charge in [-0.1, -0.05) is 19.3 Å². The van der Waals surface area contributed by atoms with E-state index in [2.05, 4.69) is 10.6 Å². The van der Waals surface area contributed by atoms with Gasteiger partial charge in [-0.2, -0.15) is 0 Å². The van der Waals surface area contributed by atoms with Crippen LogP contribution in [0.5, 0.6) is 11.5 Å². The van der Waals surface area contributed by atoms with E-state index in [1.54, 1.807) is 32.4 Å². The maximum absolute atomic E-state index is 13.2. The third-order valence-electron chi connectivity index (χ3n) is 6.19. The molecule has 2 aliphatic rings. The van der Waals surface area contributed by atoms with Crippen molar-refractivity contribution >= 4 is 29.9 Å². The average Bonchev–Trinajstić information content (AvgIpc) is 3.37. The Kier molecular flexibility index (Phi) is 8.16. The van der Waals surface area contributed by atoms with Crippen molar-refractivity contribution < 1.29 is 19.1 Å². The van der Waals surface area contributed by atoms with Crippen LogP contribution in [0.4, 0.5) is 5.69 Å². The van der Waals surface area contributed by atoms with Crippen molar-refractivity contribution in [3.63, 3.8) is 0 Å². The molecule has 1 aromatic carbocycles. The van der Waals surface area contributed by atoms with Crippen LogP contribution in [0, 0.1) is 11.8 Å². The molecule has 0 aromatic heterocycles. The molecule has 2 aliphatic carbocycles. The summed E-state index contributed by atoms with van der Waals surface area (Å²) >= 11 is 0.